The van der Waals surface area contributed by atoms with Crippen LogP contribution < -0.4 is 16.4 Å². The predicted octanol–water partition coefficient (Wildman–Crippen LogP) is 3.99. The number of amides is 2. The van der Waals surface area contributed by atoms with E-state index in [0.29, 0.717) is 34.7 Å². The summed E-state index contributed by atoms with van der Waals surface area (Å²) in [6.45, 7) is 3.78. The van der Waals surface area contributed by atoms with E-state index in [9.17, 15) is 4.79 Å². The molecular weight excluding hydrogens is 376 g/mol. The molecule has 2 amide bonds. The van der Waals surface area contributed by atoms with Crippen LogP contribution in [0.5, 0.6) is 0 Å². The fourth-order valence-electron chi connectivity index (χ4n) is 3.56. The van der Waals surface area contributed by atoms with Crippen LogP contribution >= 0.6 is 0 Å². The third-order valence-corrected chi connectivity index (χ3v) is 5.75. The second kappa shape index (κ2) is 8.73. The van der Waals surface area contributed by atoms with E-state index in [1.165, 1.54) is 25.7 Å². The molecule has 0 bridgehead atoms. The number of anilines is 2. The van der Waals surface area contributed by atoms with Gasteiger partial charge >= 0.3 is 6.03 Å². The van der Waals surface area contributed by atoms with Crippen LogP contribution in [0.2, 0.25) is 0 Å². The number of nitrogens with one attached hydrogen (secondary N) is 3. The number of amidine groups is 1. The van der Waals surface area contributed by atoms with Crippen LogP contribution in [-0.4, -0.2) is 34.8 Å². The number of nitrogens with two attached hydrogens (primary N) is 1. The third-order valence-electron chi connectivity index (χ3n) is 5.75. The lowest BCUT2D eigenvalue weighted by Gasteiger charge is -2.26. The van der Waals surface area contributed by atoms with Gasteiger partial charge in [0.05, 0.1) is 11.6 Å². The van der Waals surface area contributed by atoms with E-state index >= 15 is 0 Å². The van der Waals surface area contributed by atoms with Gasteiger partial charge in [-0.05, 0) is 50.0 Å². The second-order valence-corrected chi connectivity index (χ2v) is 8.53. The number of rotatable bonds is 8. The van der Waals surface area contributed by atoms with Crippen molar-refractivity contribution in [3.63, 3.8) is 0 Å². The van der Waals surface area contributed by atoms with Gasteiger partial charge in [-0.3, -0.25) is 10.7 Å². The molecule has 2 saturated carbocycles. The predicted molar refractivity (Wildman–Crippen MR) is 120 cm³/mol. The summed E-state index contributed by atoms with van der Waals surface area (Å²) in [7, 11) is 0. The van der Waals surface area contributed by atoms with Crippen LogP contribution in [0.25, 0.3) is 0 Å². The zero-order valence-electron chi connectivity index (χ0n) is 17.4. The fraction of sp³-hybridized carbons (Fsp3) is 0.435. The first-order chi connectivity index (χ1) is 14.5. The lowest BCUT2D eigenvalue weighted by Crippen LogP contribution is -2.35. The van der Waals surface area contributed by atoms with E-state index in [-0.39, 0.29) is 12.1 Å². The topological polar surface area (TPSA) is 107 Å². The molecule has 0 aliphatic heterocycles. The lowest BCUT2D eigenvalue weighted by atomic mass is 10.1. The maximum Gasteiger partial charge on any atom is 0.320 e. The SMILES string of the molecule is C[C@@H](NC(=O)Nc1cc(N)c(C(=N)N(CC2CC2)CC2CC2)cn1)c1ccccc1. The Labute approximate surface area is 177 Å². The average Bonchev–Trinajstić information content (AvgIpc) is 3.64. The number of nitrogen functional groups attached to an aromatic ring is 1. The standard InChI is InChI=1S/C23H30N6O/c1-15(18-5-3-2-4-6-18)27-23(30)28-21-11-20(24)19(12-26-21)22(25)29(13-16-7-8-16)14-17-9-10-17/h2-6,11-12,15-17,25H,7-10,13-14H2,1H3,(H4,24,26,27,28,30)/t15-/m1/s1. The summed E-state index contributed by atoms with van der Waals surface area (Å²) in [6.07, 6.45) is 6.60. The molecule has 1 atom stereocenters. The van der Waals surface area contributed by atoms with E-state index in [1.807, 2.05) is 37.3 Å². The molecule has 30 heavy (non-hydrogen) atoms. The monoisotopic (exact) mass is 406 g/mol. The molecule has 158 valence electrons. The van der Waals surface area contributed by atoms with Crippen LogP contribution in [0.4, 0.5) is 16.3 Å². The highest BCUT2D eigenvalue weighted by atomic mass is 16.2. The van der Waals surface area contributed by atoms with Crippen LogP contribution in [0.3, 0.4) is 0 Å². The minimum absolute atomic E-state index is 0.130. The highest BCUT2D eigenvalue weighted by molar-refractivity contribution is 6.01. The molecule has 7 heteroatoms. The number of nitrogens with zero attached hydrogens (tertiary/aromatic N) is 2. The number of hydrogen-bond acceptors (Lipinski definition) is 4. The molecule has 2 fully saturated rings. The quantitative estimate of drug-likeness (QED) is 0.393. The molecule has 1 heterocycles. The number of urea groups is 1. The summed E-state index contributed by atoms with van der Waals surface area (Å²) in [6, 6.07) is 10.9. The minimum atomic E-state index is -0.342. The van der Waals surface area contributed by atoms with E-state index < -0.39 is 0 Å². The second-order valence-electron chi connectivity index (χ2n) is 8.53. The Morgan fingerprint density at radius 3 is 2.40 bits per heavy atom. The first-order valence-corrected chi connectivity index (χ1v) is 10.7. The van der Waals surface area contributed by atoms with Crippen molar-refractivity contribution in [2.75, 3.05) is 24.1 Å². The lowest BCUT2D eigenvalue weighted by molar-refractivity contribution is 0.249. The minimum Gasteiger partial charge on any atom is -0.398 e. The maximum atomic E-state index is 12.3. The molecule has 2 aliphatic carbocycles. The normalized spacial score (nSPS) is 16.6. The summed E-state index contributed by atoms with van der Waals surface area (Å²) in [5.74, 6) is 2.22. The van der Waals surface area contributed by atoms with Crippen LogP contribution in [0, 0.1) is 17.2 Å². The Balaban J connectivity index is 1.38. The number of hydrogen-bond donors (Lipinski definition) is 4. The summed E-state index contributed by atoms with van der Waals surface area (Å²) < 4.78 is 0. The molecule has 1 aromatic heterocycles. The maximum absolute atomic E-state index is 12.3. The molecule has 2 aliphatic rings. The first-order valence-electron chi connectivity index (χ1n) is 10.7. The Morgan fingerprint density at radius 1 is 1.20 bits per heavy atom. The molecule has 7 nitrogen and oxygen atoms in total. The highest BCUT2D eigenvalue weighted by Crippen LogP contribution is 2.34. The molecule has 5 N–H and O–H groups in total. The van der Waals surface area contributed by atoms with Crippen molar-refractivity contribution in [3.05, 3.63) is 53.7 Å². The molecule has 0 unspecified atom stereocenters. The van der Waals surface area contributed by atoms with E-state index in [4.69, 9.17) is 11.1 Å². The fourth-order valence-corrected chi connectivity index (χ4v) is 3.56. The molecule has 2 aromatic rings. The van der Waals surface area contributed by atoms with Crippen molar-refractivity contribution >= 4 is 23.4 Å². The summed E-state index contributed by atoms with van der Waals surface area (Å²) in [4.78, 5) is 18.8. The Morgan fingerprint density at radius 2 is 1.83 bits per heavy atom. The number of carbonyl (C=O) groups excluding carboxylic acids is 1. The first kappa shape index (κ1) is 20.2. The van der Waals surface area contributed by atoms with Crippen LogP contribution in [0.1, 0.15) is 49.8 Å². The van der Waals surface area contributed by atoms with Crippen molar-refractivity contribution in [1.29, 1.82) is 5.41 Å². The largest absolute Gasteiger partial charge is 0.398 e. The molecule has 4 rings (SSSR count). The van der Waals surface area contributed by atoms with Gasteiger partial charge in [0, 0.05) is 31.0 Å². The number of pyridine rings is 1. The van der Waals surface area contributed by atoms with Crippen LogP contribution in [0.15, 0.2) is 42.6 Å². The smallest absolute Gasteiger partial charge is 0.320 e. The Kier molecular flexibility index (Phi) is 5.88. The van der Waals surface area contributed by atoms with Crippen molar-refractivity contribution in [3.8, 4) is 0 Å². The van der Waals surface area contributed by atoms with Crippen molar-refractivity contribution < 1.29 is 4.79 Å². The molecule has 1 aromatic carbocycles. The number of aromatic nitrogens is 1. The Bertz CT molecular complexity index is 893. The molecule has 0 radical (unpaired) electrons. The van der Waals surface area contributed by atoms with Gasteiger partial charge in [-0.25, -0.2) is 9.78 Å². The van der Waals surface area contributed by atoms with Gasteiger partial charge < -0.3 is 16.0 Å². The van der Waals surface area contributed by atoms with E-state index in [2.05, 4.69) is 20.5 Å². The number of carbonyl (C=O) groups is 1. The van der Waals surface area contributed by atoms with E-state index in [1.54, 1.807) is 12.3 Å². The average molecular weight is 407 g/mol. The van der Waals surface area contributed by atoms with Gasteiger partial charge in [0.25, 0.3) is 0 Å². The summed E-state index contributed by atoms with van der Waals surface area (Å²) in [5, 5.41) is 14.3. The molecular formula is C23H30N6O. The van der Waals surface area contributed by atoms with Crippen molar-refractivity contribution in [1.82, 2.24) is 15.2 Å². The highest BCUT2D eigenvalue weighted by Gasteiger charge is 2.31. The third kappa shape index (κ3) is 5.28. The van der Waals surface area contributed by atoms with Crippen molar-refractivity contribution in [2.24, 2.45) is 11.8 Å². The van der Waals surface area contributed by atoms with Gasteiger partial charge in [-0.15, -0.1) is 0 Å². The van der Waals surface area contributed by atoms with Crippen molar-refractivity contribution in [2.45, 2.75) is 38.6 Å². The summed E-state index contributed by atoms with van der Waals surface area (Å²) >= 11 is 0. The molecule has 0 saturated heterocycles. The zero-order valence-corrected chi connectivity index (χ0v) is 17.4. The van der Waals surface area contributed by atoms with Gasteiger partial charge in [0.15, 0.2) is 0 Å². The van der Waals surface area contributed by atoms with Gasteiger partial charge in [0.1, 0.15) is 11.7 Å². The summed E-state index contributed by atoms with van der Waals surface area (Å²) in [5.41, 5.74) is 8.35. The zero-order chi connectivity index (χ0) is 21.1. The number of benzene rings is 1. The van der Waals surface area contributed by atoms with Gasteiger partial charge in [-0.1, -0.05) is 30.3 Å². The Hall–Kier alpha value is -3.09. The molecule has 0 spiro atoms. The van der Waals surface area contributed by atoms with Crippen LogP contribution in [-0.2, 0) is 0 Å². The van der Waals surface area contributed by atoms with E-state index in [0.717, 1.165) is 18.7 Å². The van der Waals surface area contributed by atoms with Gasteiger partial charge in [0.2, 0.25) is 0 Å². The van der Waals surface area contributed by atoms with Gasteiger partial charge in [-0.2, -0.15) is 0 Å².